The van der Waals surface area contributed by atoms with Crippen molar-refractivity contribution >= 4 is 18.0 Å². The summed E-state index contributed by atoms with van der Waals surface area (Å²) in [5, 5.41) is 2.35. The van der Waals surface area contributed by atoms with Crippen molar-refractivity contribution in [3.8, 4) is 0 Å². The van der Waals surface area contributed by atoms with E-state index in [9.17, 15) is 14.4 Å². The van der Waals surface area contributed by atoms with Crippen molar-refractivity contribution in [1.82, 2.24) is 5.32 Å². The molecule has 1 aliphatic heterocycles. The Balaban J connectivity index is 1.60. The van der Waals surface area contributed by atoms with Gasteiger partial charge in [0.25, 0.3) is 5.72 Å². The van der Waals surface area contributed by atoms with Gasteiger partial charge in [-0.2, -0.15) is 0 Å². The smallest absolute Gasteiger partial charge is 0.411 e. The van der Waals surface area contributed by atoms with E-state index in [1.54, 1.807) is 24.3 Å². The van der Waals surface area contributed by atoms with Gasteiger partial charge in [0.15, 0.2) is 0 Å². The Bertz CT molecular complexity index is 808. The maximum absolute atomic E-state index is 12.5. The predicted octanol–water partition coefficient (Wildman–Crippen LogP) is 2.69. The normalized spacial score (nSPS) is 18.4. The fourth-order valence-corrected chi connectivity index (χ4v) is 2.62. The zero-order valence-corrected chi connectivity index (χ0v) is 14.6. The number of carbonyl (C=O) groups excluding carboxylic acids is 3. The molecule has 0 unspecified atom stereocenters. The van der Waals surface area contributed by atoms with Gasteiger partial charge in [-0.1, -0.05) is 60.7 Å². The molecule has 2 aromatic rings. The van der Waals surface area contributed by atoms with E-state index < -0.39 is 23.8 Å². The molecule has 1 fully saturated rings. The van der Waals surface area contributed by atoms with Gasteiger partial charge in [0.2, 0.25) is 0 Å². The number of hydrogen-bond donors (Lipinski definition) is 1. The minimum atomic E-state index is -1.86. The zero-order valence-electron chi connectivity index (χ0n) is 14.6. The second-order valence-electron chi connectivity index (χ2n) is 6.05. The van der Waals surface area contributed by atoms with Crippen molar-refractivity contribution < 1.29 is 28.6 Å². The lowest BCUT2D eigenvalue weighted by Crippen LogP contribution is -2.55. The molecule has 0 spiro atoms. The predicted molar refractivity (Wildman–Crippen MR) is 94.1 cm³/mol. The number of cyclic esters (lactones) is 1. The molecular formula is C20H19NO6. The maximum atomic E-state index is 12.5. The molecule has 1 heterocycles. The van der Waals surface area contributed by atoms with E-state index in [0.29, 0.717) is 0 Å². The molecule has 3 rings (SSSR count). The van der Waals surface area contributed by atoms with E-state index in [-0.39, 0.29) is 26.1 Å². The van der Waals surface area contributed by atoms with Crippen LogP contribution in [0.3, 0.4) is 0 Å². The molecule has 1 N–H and O–H groups in total. The second-order valence-corrected chi connectivity index (χ2v) is 6.05. The summed E-state index contributed by atoms with van der Waals surface area (Å²) < 4.78 is 15.5. The summed E-state index contributed by atoms with van der Waals surface area (Å²) in [4.78, 5) is 36.2. The highest BCUT2D eigenvalue weighted by Gasteiger charge is 2.50. The summed E-state index contributed by atoms with van der Waals surface area (Å²) in [7, 11) is 0. The van der Waals surface area contributed by atoms with Crippen LogP contribution in [0.4, 0.5) is 4.79 Å². The van der Waals surface area contributed by atoms with Crippen molar-refractivity contribution in [1.29, 1.82) is 0 Å². The number of carbonyl (C=O) groups is 3. The monoisotopic (exact) mass is 369 g/mol. The van der Waals surface area contributed by atoms with E-state index in [4.69, 9.17) is 14.2 Å². The lowest BCUT2D eigenvalue weighted by Gasteiger charge is -2.26. The van der Waals surface area contributed by atoms with Gasteiger partial charge < -0.3 is 14.2 Å². The van der Waals surface area contributed by atoms with Crippen LogP contribution in [0.25, 0.3) is 0 Å². The summed E-state index contributed by atoms with van der Waals surface area (Å²) in [5.41, 5.74) is -0.298. The maximum Gasteiger partial charge on any atom is 0.411 e. The summed E-state index contributed by atoms with van der Waals surface area (Å²) >= 11 is 0. The van der Waals surface area contributed by atoms with Crippen LogP contribution in [-0.4, -0.2) is 23.8 Å². The minimum absolute atomic E-state index is 0.000281. The number of ether oxygens (including phenoxy) is 3. The summed E-state index contributed by atoms with van der Waals surface area (Å²) in [6, 6.07) is 18.1. The molecule has 1 aliphatic rings. The molecule has 0 aromatic heterocycles. The first kappa shape index (κ1) is 18.4. The van der Waals surface area contributed by atoms with Crippen LogP contribution in [0.1, 0.15) is 24.0 Å². The van der Waals surface area contributed by atoms with Crippen molar-refractivity contribution in [2.75, 3.05) is 0 Å². The Kier molecular flexibility index (Phi) is 5.71. The average Bonchev–Trinajstić information content (AvgIpc) is 3.07. The SMILES string of the molecule is O=C1CC[C@](NC(=O)OCc2ccccc2)(C(=O)OCc2ccccc2)O1. The van der Waals surface area contributed by atoms with E-state index in [1.165, 1.54) is 0 Å². The number of esters is 2. The topological polar surface area (TPSA) is 90.9 Å². The molecule has 0 aliphatic carbocycles. The highest BCUT2D eigenvalue weighted by atomic mass is 16.6. The standard InChI is InChI=1S/C20H19NO6/c22-17-11-12-20(27-17,18(23)25-13-15-7-3-1-4-8-15)21-19(24)26-14-16-9-5-2-6-10-16/h1-10H,11-14H2,(H,21,24)/t20-/m1/s1. The molecule has 7 heteroatoms. The molecule has 2 aromatic carbocycles. The first-order valence-electron chi connectivity index (χ1n) is 8.49. The number of alkyl carbamates (subject to hydrolysis) is 1. The Morgan fingerprint density at radius 3 is 2.00 bits per heavy atom. The minimum Gasteiger partial charge on any atom is -0.456 e. The largest absolute Gasteiger partial charge is 0.456 e. The number of rotatable bonds is 6. The van der Waals surface area contributed by atoms with Gasteiger partial charge in [-0.3, -0.25) is 10.1 Å². The third kappa shape index (κ3) is 4.84. The number of hydrogen-bond acceptors (Lipinski definition) is 6. The van der Waals surface area contributed by atoms with Crippen molar-refractivity contribution in [3.05, 3.63) is 71.8 Å². The summed E-state index contributed by atoms with van der Waals surface area (Å²) in [6.07, 6.45) is -0.885. The van der Waals surface area contributed by atoms with E-state index in [0.717, 1.165) is 11.1 Å². The molecule has 0 bridgehead atoms. The van der Waals surface area contributed by atoms with Crippen LogP contribution in [0.2, 0.25) is 0 Å². The quantitative estimate of drug-likeness (QED) is 0.622. The first-order chi connectivity index (χ1) is 13.1. The van der Waals surface area contributed by atoms with Crippen molar-refractivity contribution in [3.63, 3.8) is 0 Å². The van der Waals surface area contributed by atoms with E-state index >= 15 is 0 Å². The highest BCUT2D eigenvalue weighted by molar-refractivity contribution is 5.89. The third-order valence-electron chi connectivity index (χ3n) is 4.03. The third-order valence-corrected chi connectivity index (χ3v) is 4.03. The molecule has 0 radical (unpaired) electrons. The molecule has 0 saturated carbocycles. The van der Waals surface area contributed by atoms with Crippen molar-refractivity contribution in [2.45, 2.75) is 31.8 Å². The van der Waals surface area contributed by atoms with E-state index in [1.807, 2.05) is 36.4 Å². The molecule has 7 nitrogen and oxygen atoms in total. The molecular weight excluding hydrogens is 350 g/mol. The van der Waals surface area contributed by atoms with Crippen LogP contribution in [0, 0.1) is 0 Å². The fourth-order valence-electron chi connectivity index (χ4n) is 2.62. The Labute approximate surface area is 156 Å². The molecule has 1 atom stereocenters. The van der Waals surface area contributed by atoms with Gasteiger partial charge in [-0.25, -0.2) is 9.59 Å². The first-order valence-corrected chi connectivity index (χ1v) is 8.49. The van der Waals surface area contributed by atoms with Gasteiger partial charge in [-0.15, -0.1) is 0 Å². The van der Waals surface area contributed by atoms with Crippen LogP contribution < -0.4 is 5.32 Å². The molecule has 27 heavy (non-hydrogen) atoms. The van der Waals surface area contributed by atoms with Crippen LogP contribution in [0.15, 0.2) is 60.7 Å². The van der Waals surface area contributed by atoms with Crippen molar-refractivity contribution in [2.24, 2.45) is 0 Å². The molecule has 140 valence electrons. The zero-order chi connectivity index (χ0) is 19.1. The van der Waals surface area contributed by atoms with Crippen LogP contribution in [-0.2, 0) is 37.0 Å². The Hall–Kier alpha value is -3.35. The van der Waals surface area contributed by atoms with Crippen LogP contribution >= 0.6 is 0 Å². The average molecular weight is 369 g/mol. The number of amides is 1. The van der Waals surface area contributed by atoms with Crippen LogP contribution in [0.5, 0.6) is 0 Å². The number of benzene rings is 2. The summed E-state index contributed by atoms with van der Waals surface area (Å²) in [6.45, 7) is 0.0233. The number of nitrogens with one attached hydrogen (secondary N) is 1. The van der Waals surface area contributed by atoms with Gasteiger partial charge in [-0.05, 0) is 11.1 Å². The van der Waals surface area contributed by atoms with Gasteiger partial charge in [0.1, 0.15) is 13.2 Å². The Morgan fingerprint density at radius 1 is 0.926 bits per heavy atom. The fraction of sp³-hybridized carbons (Fsp3) is 0.250. The Morgan fingerprint density at radius 2 is 1.48 bits per heavy atom. The van der Waals surface area contributed by atoms with E-state index in [2.05, 4.69) is 5.32 Å². The second kappa shape index (κ2) is 8.35. The molecule has 1 saturated heterocycles. The van der Waals surface area contributed by atoms with Gasteiger partial charge >= 0.3 is 18.0 Å². The highest BCUT2D eigenvalue weighted by Crippen LogP contribution is 2.26. The summed E-state index contributed by atoms with van der Waals surface area (Å²) in [5.74, 6) is -1.43. The molecule has 1 amide bonds. The van der Waals surface area contributed by atoms with Gasteiger partial charge in [0.05, 0.1) is 6.42 Å². The van der Waals surface area contributed by atoms with Gasteiger partial charge in [0, 0.05) is 6.42 Å². The lowest BCUT2D eigenvalue weighted by atomic mass is 10.1. The lowest BCUT2D eigenvalue weighted by molar-refractivity contribution is -0.178.